The third-order valence-electron chi connectivity index (χ3n) is 1.89. The Morgan fingerprint density at radius 3 is 2.92 bits per heavy atom. The van der Waals surface area contributed by atoms with E-state index in [-0.39, 0.29) is 12.6 Å². The summed E-state index contributed by atoms with van der Waals surface area (Å²) >= 11 is 0. The fourth-order valence-corrected chi connectivity index (χ4v) is 1.13. The molecule has 0 aliphatic rings. The molecule has 0 aliphatic carbocycles. The van der Waals surface area contributed by atoms with Crippen LogP contribution in [0.15, 0.2) is 23.0 Å². The zero-order valence-electron chi connectivity index (χ0n) is 7.07. The Morgan fingerprint density at radius 2 is 2.33 bits per heavy atom. The first-order valence-corrected chi connectivity index (χ1v) is 4.23. The van der Waals surface area contributed by atoms with E-state index in [0.717, 1.165) is 24.8 Å². The number of nitrogens with two attached hydrogens (primary N) is 1. The largest absolute Gasteiger partial charge is 0.472 e. The summed E-state index contributed by atoms with van der Waals surface area (Å²) in [6.07, 6.45) is 5.99. The summed E-state index contributed by atoms with van der Waals surface area (Å²) in [7, 11) is 0. The van der Waals surface area contributed by atoms with Gasteiger partial charge in [-0.25, -0.2) is 0 Å². The van der Waals surface area contributed by atoms with E-state index in [2.05, 4.69) is 0 Å². The van der Waals surface area contributed by atoms with Crippen LogP contribution in [0.1, 0.15) is 30.9 Å². The molecule has 0 saturated heterocycles. The molecule has 0 spiro atoms. The molecule has 0 radical (unpaired) electrons. The van der Waals surface area contributed by atoms with Gasteiger partial charge < -0.3 is 15.3 Å². The molecule has 1 atom stereocenters. The van der Waals surface area contributed by atoms with Gasteiger partial charge in [0, 0.05) is 18.2 Å². The number of furan rings is 1. The molecule has 0 amide bonds. The highest BCUT2D eigenvalue weighted by Gasteiger charge is 2.05. The third kappa shape index (κ3) is 2.68. The van der Waals surface area contributed by atoms with Crippen LogP contribution >= 0.6 is 0 Å². The Labute approximate surface area is 72.2 Å². The van der Waals surface area contributed by atoms with Crippen molar-refractivity contribution in [2.24, 2.45) is 5.73 Å². The van der Waals surface area contributed by atoms with Gasteiger partial charge in [-0.05, 0) is 25.3 Å². The average molecular weight is 169 g/mol. The molecule has 3 N–H and O–H groups in total. The number of aliphatic hydroxyl groups excluding tert-OH is 1. The second-order valence-electron chi connectivity index (χ2n) is 2.88. The van der Waals surface area contributed by atoms with Crippen LogP contribution in [0.3, 0.4) is 0 Å². The highest BCUT2D eigenvalue weighted by atomic mass is 16.3. The van der Waals surface area contributed by atoms with Crippen LogP contribution in [0.25, 0.3) is 0 Å². The molecule has 1 heterocycles. The van der Waals surface area contributed by atoms with Gasteiger partial charge in [0.1, 0.15) is 0 Å². The van der Waals surface area contributed by atoms with E-state index in [0.29, 0.717) is 0 Å². The highest BCUT2D eigenvalue weighted by Crippen LogP contribution is 2.16. The van der Waals surface area contributed by atoms with Crippen LogP contribution < -0.4 is 5.73 Å². The Kier molecular flexibility index (Phi) is 3.84. The minimum atomic E-state index is 0.0512. The lowest BCUT2D eigenvalue weighted by Gasteiger charge is -2.07. The number of hydrogen-bond acceptors (Lipinski definition) is 3. The van der Waals surface area contributed by atoms with Gasteiger partial charge in [0.15, 0.2) is 0 Å². The van der Waals surface area contributed by atoms with E-state index < -0.39 is 0 Å². The number of rotatable bonds is 5. The molecule has 1 aromatic rings. The molecule has 0 fully saturated rings. The molecule has 0 unspecified atom stereocenters. The second-order valence-corrected chi connectivity index (χ2v) is 2.88. The van der Waals surface area contributed by atoms with Gasteiger partial charge in [-0.2, -0.15) is 0 Å². The predicted molar refractivity (Wildman–Crippen MR) is 46.6 cm³/mol. The zero-order chi connectivity index (χ0) is 8.81. The predicted octanol–water partition coefficient (Wildman–Crippen LogP) is 1.44. The van der Waals surface area contributed by atoms with Gasteiger partial charge in [-0.15, -0.1) is 0 Å². The maximum atomic E-state index is 8.55. The van der Waals surface area contributed by atoms with Crippen molar-refractivity contribution in [3.63, 3.8) is 0 Å². The number of unbranched alkanes of at least 4 members (excludes halogenated alkanes) is 1. The van der Waals surface area contributed by atoms with Gasteiger partial charge in [-0.3, -0.25) is 0 Å². The summed E-state index contributed by atoms with van der Waals surface area (Å²) in [5.74, 6) is 0. The monoisotopic (exact) mass is 169 g/mol. The van der Waals surface area contributed by atoms with E-state index in [1.807, 2.05) is 6.07 Å². The second kappa shape index (κ2) is 4.95. The molecule has 68 valence electrons. The Hall–Kier alpha value is -0.800. The van der Waals surface area contributed by atoms with Gasteiger partial charge in [-0.1, -0.05) is 0 Å². The van der Waals surface area contributed by atoms with Gasteiger partial charge in [0.2, 0.25) is 0 Å². The molecule has 3 nitrogen and oxygen atoms in total. The molecule has 1 aromatic heterocycles. The van der Waals surface area contributed by atoms with Gasteiger partial charge in [0.25, 0.3) is 0 Å². The quantitative estimate of drug-likeness (QED) is 0.656. The summed E-state index contributed by atoms with van der Waals surface area (Å²) in [6.45, 7) is 0.248. The Balaban J connectivity index is 2.25. The summed E-state index contributed by atoms with van der Waals surface area (Å²) in [6, 6.07) is 1.93. The topological polar surface area (TPSA) is 59.4 Å². The van der Waals surface area contributed by atoms with Crippen LogP contribution in [-0.4, -0.2) is 11.7 Å². The van der Waals surface area contributed by atoms with E-state index in [1.54, 1.807) is 12.5 Å². The normalized spacial score (nSPS) is 13.2. The molecule has 0 aliphatic heterocycles. The maximum absolute atomic E-state index is 8.55. The molecule has 0 bridgehead atoms. The fraction of sp³-hybridized carbons (Fsp3) is 0.556. The lowest BCUT2D eigenvalue weighted by Crippen LogP contribution is -2.09. The van der Waals surface area contributed by atoms with Crippen LogP contribution in [0.2, 0.25) is 0 Å². The molecule has 1 rings (SSSR count). The number of aliphatic hydroxyl groups is 1. The Bertz CT molecular complexity index is 196. The summed E-state index contributed by atoms with van der Waals surface area (Å²) in [4.78, 5) is 0. The smallest absolute Gasteiger partial charge is 0.0950 e. The minimum absolute atomic E-state index is 0.0512. The van der Waals surface area contributed by atoms with E-state index in [4.69, 9.17) is 15.3 Å². The summed E-state index contributed by atoms with van der Waals surface area (Å²) in [5, 5.41) is 8.55. The van der Waals surface area contributed by atoms with Crippen molar-refractivity contribution in [3.05, 3.63) is 24.2 Å². The minimum Gasteiger partial charge on any atom is -0.472 e. The molecule has 12 heavy (non-hydrogen) atoms. The van der Waals surface area contributed by atoms with Crippen molar-refractivity contribution in [2.45, 2.75) is 25.3 Å². The van der Waals surface area contributed by atoms with Crippen molar-refractivity contribution >= 4 is 0 Å². The first-order chi connectivity index (χ1) is 5.84. The summed E-state index contributed by atoms with van der Waals surface area (Å²) in [5.41, 5.74) is 6.87. The van der Waals surface area contributed by atoms with Gasteiger partial charge in [0.05, 0.1) is 12.5 Å². The fourth-order valence-electron chi connectivity index (χ4n) is 1.13. The zero-order valence-corrected chi connectivity index (χ0v) is 7.07. The van der Waals surface area contributed by atoms with Crippen LogP contribution in [0.4, 0.5) is 0 Å². The molecular weight excluding hydrogens is 154 g/mol. The van der Waals surface area contributed by atoms with Crippen molar-refractivity contribution < 1.29 is 9.52 Å². The molecule has 0 saturated carbocycles. The first kappa shape index (κ1) is 9.29. The first-order valence-electron chi connectivity index (χ1n) is 4.23. The lowest BCUT2D eigenvalue weighted by molar-refractivity contribution is 0.281. The van der Waals surface area contributed by atoms with Gasteiger partial charge >= 0.3 is 0 Å². The SMILES string of the molecule is N[C@H](CCCCO)c1ccoc1. The Morgan fingerprint density at radius 1 is 1.50 bits per heavy atom. The molecule has 0 aromatic carbocycles. The highest BCUT2D eigenvalue weighted by molar-refractivity contribution is 5.10. The van der Waals surface area contributed by atoms with Crippen molar-refractivity contribution in [1.29, 1.82) is 0 Å². The average Bonchev–Trinajstić information content (AvgIpc) is 2.56. The van der Waals surface area contributed by atoms with E-state index in [1.165, 1.54) is 0 Å². The third-order valence-corrected chi connectivity index (χ3v) is 1.89. The summed E-state index contributed by atoms with van der Waals surface area (Å²) < 4.78 is 4.91. The standard InChI is InChI=1S/C9H15NO2/c10-9(3-1-2-5-11)8-4-6-12-7-8/h4,6-7,9,11H,1-3,5,10H2/t9-/m1/s1. The van der Waals surface area contributed by atoms with Crippen LogP contribution in [-0.2, 0) is 0 Å². The molecular formula is C9H15NO2. The lowest BCUT2D eigenvalue weighted by atomic mass is 10.1. The van der Waals surface area contributed by atoms with E-state index >= 15 is 0 Å². The van der Waals surface area contributed by atoms with E-state index in [9.17, 15) is 0 Å². The van der Waals surface area contributed by atoms with Crippen molar-refractivity contribution in [3.8, 4) is 0 Å². The van der Waals surface area contributed by atoms with Crippen molar-refractivity contribution in [2.75, 3.05) is 6.61 Å². The van der Waals surface area contributed by atoms with Crippen LogP contribution in [0.5, 0.6) is 0 Å². The van der Waals surface area contributed by atoms with Crippen molar-refractivity contribution in [1.82, 2.24) is 0 Å². The molecule has 3 heteroatoms. The maximum Gasteiger partial charge on any atom is 0.0950 e. The number of hydrogen-bond donors (Lipinski definition) is 2. The van der Waals surface area contributed by atoms with Crippen LogP contribution in [0, 0.1) is 0 Å².